The molecule has 2 rings (SSSR count). The van der Waals surface area contributed by atoms with Gasteiger partial charge in [0.15, 0.2) is 5.78 Å². The minimum absolute atomic E-state index is 0.0293. The lowest BCUT2D eigenvalue weighted by Crippen LogP contribution is -2.36. The fourth-order valence-corrected chi connectivity index (χ4v) is 3.32. The molecule has 5 nitrogen and oxygen atoms in total. The average Bonchev–Trinajstić information content (AvgIpc) is 2.70. The van der Waals surface area contributed by atoms with Crippen molar-refractivity contribution in [2.45, 2.75) is 26.3 Å². The van der Waals surface area contributed by atoms with Crippen molar-refractivity contribution in [2.75, 3.05) is 44.3 Å². The van der Waals surface area contributed by atoms with Gasteiger partial charge in [0.1, 0.15) is 0 Å². The number of carbonyl (C=O) groups excluding carboxylic acids is 1. The minimum atomic E-state index is 0.0293. The van der Waals surface area contributed by atoms with Gasteiger partial charge < -0.3 is 15.1 Å². The first-order chi connectivity index (χ1) is 12.6. The normalized spacial score (nSPS) is 16.7. The Morgan fingerprint density at radius 1 is 1.08 bits per heavy atom. The summed E-state index contributed by atoms with van der Waals surface area (Å²) in [5.41, 5.74) is 2.40. The predicted octanol–water partition coefficient (Wildman–Crippen LogP) is 2.26. The maximum atomic E-state index is 12.7. The van der Waals surface area contributed by atoms with E-state index in [0.29, 0.717) is 18.7 Å². The second-order valence-electron chi connectivity index (χ2n) is 6.35. The van der Waals surface area contributed by atoms with E-state index in [9.17, 15) is 4.79 Å². The van der Waals surface area contributed by atoms with Crippen molar-refractivity contribution in [3.63, 3.8) is 0 Å². The molecule has 5 heteroatoms. The molecule has 0 amide bonds. The summed E-state index contributed by atoms with van der Waals surface area (Å²) >= 11 is 0. The van der Waals surface area contributed by atoms with E-state index in [0.717, 1.165) is 30.8 Å². The van der Waals surface area contributed by atoms with Crippen LogP contribution in [-0.4, -0.2) is 66.3 Å². The molecular weight excluding hydrogens is 328 g/mol. The van der Waals surface area contributed by atoms with E-state index in [4.69, 9.17) is 10.2 Å². The molecule has 0 saturated heterocycles. The number of aliphatic hydroxyl groups excluding tert-OH is 2. The number of hydrogen-bond donors (Lipinski definition) is 2. The molecule has 1 aliphatic carbocycles. The number of Topliss-reactive ketones (excluding diaryl/α,β-unsaturated/α-hetero) is 1. The summed E-state index contributed by atoms with van der Waals surface area (Å²) in [4.78, 5) is 17.0. The third-order valence-electron chi connectivity index (χ3n) is 4.85. The maximum Gasteiger partial charge on any atom is 0.192 e. The van der Waals surface area contributed by atoms with Crippen LogP contribution in [0, 0.1) is 0 Å². The van der Waals surface area contributed by atoms with Gasteiger partial charge in [-0.15, -0.1) is 0 Å². The molecule has 0 spiro atoms. The van der Waals surface area contributed by atoms with Gasteiger partial charge in [0, 0.05) is 42.5 Å². The largest absolute Gasteiger partial charge is 0.395 e. The fourth-order valence-electron chi connectivity index (χ4n) is 3.32. The van der Waals surface area contributed by atoms with E-state index in [1.54, 1.807) is 0 Å². The van der Waals surface area contributed by atoms with Crippen LogP contribution in [0.3, 0.4) is 0 Å². The van der Waals surface area contributed by atoms with Gasteiger partial charge in [-0.05, 0) is 44.2 Å². The Morgan fingerprint density at radius 2 is 1.77 bits per heavy atom. The number of likely N-dealkylation sites (N-methyl/N-ethyl adjacent to an activating group) is 2. The second kappa shape index (κ2) is 10.3. The molecule has 1 atom stereocenters. The van der Waals surface area contributed by atoms with Gasteiger partial charge >= 0.3 is 0 Å². The van der Waals surface area contributed by atoms with Crippen LogP contribution in [0.4, 0.5) is 5.69 Å². The molecule has 2 N–H and O–H groups in total. The molecule has 26 heavy (non-hydrogen) atoms. The number of benzene rings is 1. The first-order valence-corrected chi connectivity index (χ1v) is 9.38. The summed E-state index contributed by atoms with van der Waals surface area (Å²) in [6.07, 6.45) is 6.73. The second-order valence-corrected chi connectivity index (χ2v) is 6.35. The minimum Gasteiger partial charge on any atom is -0.395 e. The molecule has 0 radical (unpaired) electrons. The Kier molecular flexibility index (Phi) is 8.04. The summed E-state index contributed by atoms with van der Waals surface area (Å²) in [6, 6.07) is 7.80. The number of anilines is 1. The third kappa shape index (κ3) is 5.04. The standard InChI is InChI=1S/C21H30N2O3/c1-3-22(13-15-24)19-9-5-17(6-10-19)21(26)18-7-11-20(12-8-18)23(4-2)14-16-25/h5-11,20,24-25H,3-4,12-16H2,1-2H3. The zero-order valence-electron chi connectivity index (χ0n) is 15.8. The van der Waals surface area contributed by atoms with Gasteiger partial charge in [-0.2, -0.15) is 0 Å². The summed E-state index contributed by atoms with van der Waals surface area (Å²) in [6.45, 7) is 7.28. The Hall–Kier alpha value is -1.95. The first-order valence-electron chi connectivity index (χ1n) is 9.38. The molecule has 1 aromatic carbocycles. The average molecular weight is 358 g/mol. The molecule has 0 bridgehead atoms. The van der Waals surface area contributed by atoms with Crippen molar-refractivity contribution in [3.05, 3.63) is 53.6 Å². The molecule has 1 aliphatic rings. The van der Waals surface area contributed by atoms with Gasteiger partial charge in [-0.1, -0.05) is 25.2 Å². The van der Waals surface area contributed by atoms with Crippen LogP contribution in [-0.2, 0) is 0 Å². The van der Waals surface area contributed by atoms with Gasteiger partial charge in [0.2, 0.25) is 0 Å². The number of ketones is 1. The molecule has 0 heterocycles. The number of aliphatic hydroxyl groups is 2. The Balaban J connectivity index is 2.04. The van der Waals surface area contributed by atoms with Crippen molar-refractivity contribution in [1.82, 2.24) is 4.90 Å². The van der Waals surface area contributed by atoms with Crippen molar-refractivity contribution in [2.24, 2.45) is 0 Å². The topological polar surface area (TPSA) is 64.0 Å². The van der Waals surface area contributed by atoms with Crippen LogP contribution in [0.15, 0.2) is 48.1 Å². The molecular formula is C21H30N2O3. The molecule has 142 valence electrons. The highest BCUT2D eigenvalue weighted by atomic mass is 16.3. The maximum absolute atomic E-state index is 12.7. The van der Waals surface area contributed by atoms with Crippen LogP contribution >= 0.6 is 0 Å². The van der Waals surface area contributed by atoms with E-state index in [2.05, 4.69) is 22.8 Å². The quantitative estimate of drug-likeness (QED) is 0.628. The monoisotopic (exact) mass is 358 g/mol. The lowest BCUT2D eigenvalue weighted by molar-refractivity contribution is 0.103. The van der Waals surface area contributed by atoms with Crippen molar-refractivity contribution < 1.29 is 15.0 Å². The molecule has 0 aliphatic heterocycles. The zero-order valence-corrected chi connectivity index (χ0v) is 15.8. The molecule has 1 aromatic rings. The fraction of sp³-hybridized carbons (Fsp3) is 0.476. The zero-order chi connectivity index (χ0) is 18.9. The third-order valence-corrected chi connectivity index (χ3v) is 4.85. The van der Waals surface area contributed by atoms with E-state index >= 15 is 0 Å². The van der Waals surface area contributed by atoms with Gasteiger partial charge in [0.25, 0.3) is 0 Å². The number of nitrogens with zero attached hydrogens (tertiary/aromatic N) is 2. The van der Waals surface area contributed by atoms with E-state index < -0.39 is 0 Å². The van der Waals surface area contributed by atoms with E-state index in [-0.39, 0.29) is 25.0 Å². The van der Waals surface area contributed by atoms with Gasteiger partial charge in [-0.25, -0.2) is 0 Å². The van der Waals surface area contributed by atoms with Crippen LogP contribution in [0.2, 0.25) is 0 Å². The van der Waals surface area contributed by atoms with Crippen LogP contribution in [0.5, 0.6) is 0 Å². The van der Waals surface area contributed by atoms with Gasteiger partial charge in [0.05, 0.1) is 13.2 Å². The molecule has 0 aromatic heterocycles. The van der Waals surface area contributed by atoms with E-state index in [1.807, 2.05) is 43.3 Å². The summed E-state index contributed by atoms with van der Waals surface area (Å²) in [5.74, 6) is 0.0293. The molecule has 0 saturated carbocycles. The van der Waals surface area contributed by atoms with Crippen molar-refractivity contribution in [3.8, 4) is 0 Å². The lowest BCUT2D eigenvalue weighted by Gasteiger charge is -2.28. The number of allylic oxidation sites excluding steroid dienone is 2. The Bertz CT molecular complexity index is 637. The number of rotatable bonds is 10. The lowest BCUT2D eigenvalue weighted by atomic mass is 9.95. The summed E-state index contributed by atoms with van der Waals surface area (Å²) in [7, 11) is 0. The highest BCUT2D eigenvalue weighted by molar-refractivity contribution is 6.10. The summed E-state index contributed by atoms with van der Waals surface area (Å²) < 4.78 is 0. The first kappa shape index (κ1) is 20.4. The van der Waals surface area contributed by atoms with Crippen LogP contribution < -0.4 is 4.90 Å². The van der Waals surface area contributed by atoms with Crippen molar-refractivity contribution in [1.29, 1.82) is 0 Å². The smallest absolute Gasteiger partial charge is 0.192 e. The highest BCUT2D eigenvalue weighted by Crippen LogP contribution is 2.21. The summed E-state index contributed by atoms with van der Waals surface area (Å²) in [5, 5.41) is 18.3. The SMILES string of the molecule is CCN(CCO)c1ccc(C(=O)C2=CCC(N(CC)CCO)C=C2)cc1. The van der Waals surface area contributed by atoms with E-state index in [1.165, 1.54) is 0 Å². The van der Waals surface area contributed by atoms with Crippen molar-refractivity contribution >= 4 is 11.5 Å². The van der Waals surface area contributed by atoms with Crippen LogP contribution in [0.25, 0.3) is 0 Å². The van der Waals surface area contributed by atoms with Gasteiger partial charge in [-0.3, -0.25) is 9.69 Å². The predicted molar refractivity (Wildman–Crippen MR) is 106 cm³/mol. The number of carbonyl (C=O) groups is 1. The van der Waals surface area contributed by atoms with Crippen LogP contribution in [0.1, 0.15) is 30.6 Å². The molecule has 1 unspecified atom stereocenters. The number of hydrogen-bond acceptors (Lipinski definition) is 5. The molecule has 0 fully saturated rings. The highest BCUT2D eigenvalue weighted by Gasteiger charge is 2.19. The Labute approximate surface area is 156 Å². The Morgan fingerprint density at radius 3 is 2.27 bits per heavy atom.